The fraction of sp³-hybridized carbons (Fsp3) is 0.318. The molecule has 34 heavy (non-hydrogen) atoms. The predicted octanol–water partition coefficient (Wildman–Crippen LogP) is 1.14. The molecule has 0 aliphatic rings. The Labute approximate surface area is 192 Å². The Morgan fingerprint density at radius 1 is 1.06 bits per heavy atom. The molecule has 0 aliphatic heterocycles. The lowest BCUT2D eigenvalue weighted by atomic mass is 9.99. The molecule has 1 aromatic carbocycles. The van der Waals surface area contributed by atoms with Crippen molar-refractivity contribution in [2.45, 2.75) is 39.0 Å². The lowest BCUT2D eigenvalue weighted by Crippen LogP contribution is -2.50. The number of pyridine rings is 1. The lowest BCUT2D eigenvalue weighted by molar-refractivity contribution is -0.174. The molecule has 0 saturated heterocycles. The third-order valence-corrected chi connectivity index (χ3v) is 4.72. The van der Waals surface area contributed by atoms with Gasteiger partial charge in [-0.05, 0) is 29.5 Å². The monoisotopic (exact) mass is 480 g/mol. The van der Waals surface area contributed by atoms with Crippen LogP contribution in [-0.4, -0.2) is 40.3 Å². The van der Waals surface area contributed by atoms with Gasteiger partial charge in [0, 0.05) is 6.20 Å². The first kappa shape index (κ1) is 26.3. The van der Waals surface area contributed by atoms with Crippen molar-refractivity contribution in [3.63, 3.8) is 0 Å². The second-order valence-corrected chi connectivity index (χ2v) is 7.83. The summed E-state index contributed by atoms with van der Waals surface area (Å²) in [7, 11) is 0. The summed E-state index contributed by atoms with van der Waals surface area (Å²) >= 11 is 0. The van der Waals surface area contributed by atoms with Crippen molar-refractivity contribution >= 4 is 29.2 Å². The van der Waals surface area contributed by atoms with Crippen LogP contribution < -0.4 is 21.9 Å². The van der Waals surface area contributed by atoms with Crippen LogP contribution >= 0.6 is 0 Å². The standard InChI is InChI=1S/C22H23F3N4O5/c1-12(2)17(18(31)22(23,24)25)28-16(30)11-29-10-14(8-13-6-4-3-5-7-13)9-15(21(29)34)27-20(33)19(26)32/h3-7,9-10,12,17H,8,11H2,1-2H3,(H2,26,32)(H,27,33)(H,28,30). The van der Waals surface area contributed by atoms with Gasteiger partial charge in [0.05, 0.1) is 6.04 Å². The van der Waals surface area contributed by atoms with Gasteiger partial charge >= 0.3 is 18.0 Å². The molecule has 1 heterocycles. The Balaban J connectivity index is 2.38. The molecule has 9 nitrogen and oxygen atoms in total. The van der Waals surface area contributed by atoms with Gasteiger partial charge in [0.15, 0.2) is 0 Å². The largest absolute Gasteiger partial charge is 0.452 e. The Kier molecular flexibility index (Phi) is 8.33. The number of anilines is 1. The molecular weight excluding hydrogens is 457 g/mol. The highest BCUT2D eigenvalue weighted by atomic mass is 19.4. The van der Waals surface area contributed by atoms with E-state index in [0.717, 1.165) is 10.1 Å². The first-order valence-electron chi connectivity index (χ1n) is 10.1. The van der Waals surface area contributed by atoms with Crippen molar-refractivity contribution in [1.82, 2.24) is 9.88 Å². The molecule has 4 N–H and O–H groups in total. The predicted molar refractivity (Wildman–Crippen MR) is 116 cm³/mol. The number of primary amides is 1. The van der Waals surface area contributed by atoms with Gasteiger partial charge in [-0.1, -0.05) is 44.2 Å². The van der Waals surface area contributed by atoms with Gasteiger partial charge in [-0.25, -0.2) is 0 Å². The van der Waals surface area contributed by atoms with Gasteiger partial charge in [0.1, 0.15) is 12.2 Å². The van der Waals surface area contributed by atoms with Crippen molar-refractivity contribution in [3.8, 4) is 0 Å². The second kappa shape index (κ2) is 10.8. The molecule has 1 unspecified atom stereocenters. The zero-order valence-electron chi connectivity index (χ0n) is 18.3. The van der Waals surface area contributed by atoms with E-state index in [1.165, 1.54) is 26.1 Å². The highest BCUT2D eigenvalue weighted by molar-refractivity contribution is 6.39. The fourth-order valence-corrected chi connectivity index (χ4v) is 3.10. The molecule has 1 atom stereocenters. The first-order chi connectivity index (χ1) is 15.8. The van der Waals surface area contributed by atoms with E-state index in [9.17, 15) is 37.1 Å². The summed E-state index contributed by atoms with van der Waals surface area (Å²) in [5, 5.41) is 4.08. The van der Waals surface area contributed by atoms with Gasteiger partial charge in [-0.3, -0.25) is 24.0 Å². The zero-order chi connectivity index (χ0) is 25.6. The van der Waals surface area contributed by atoms with Gasteiger partial charge < -0.3 is 20.9 Å². The van der Waals surface area contributed by atoms with Crippen LogP contribution in [0.25, 0.3) is 0 Å². The van der Waals surface area contributed by atoms with Crippen LogP contribution in [0.15, 0.2) is 47.4 Å². The molecule has 2 rings (SSSR count). The molecule has 2 aromatic rings. The molecule has 0 spiro atoms. The summed E-state index contributed by atoms with van der Waals surface area (Å²) in [4.78, 5) is 59.7. The Hall–Kier alpha value is -3.96. The number of amides is 3. The van der Waals surface area contributed by atoms with Crippen molar-refractivity contribution in [2.24, 2.45) is 11.7 Å². The first-order valence-corrected chi connectivity index (χ1v) is 10.1. The van der Waals surface area contributed by atoms with E-state index in [2.05, 4.69) is 5.32 Å². The molecule has 0 fully saturated rings. The molecule has 3 amide bonds. The van der Waals surface area contributed by atoms with Crippen LogP contribution in [0.5, 0.6) is 0 Å². The van der Waals surface area contributed by atoms with Crippen LogP contribution in [-0.2, 0) is 32.1 Å². The summed E-state index contributed by atoms with van der Waals surface area (Å²) in [6.45, 7) is 1.92. The quantitative estimate of drug-likeness (QED) is 0.486. The highest BCUT2D eigenvalue weighted by Gasteiger charge is 2.45. The van der Waals surface area contributed by atoms with Crippen LogP contribution in [0.2, 0.25) is 0 Å². The van der Waals surface area contributed by atoms with Gasteiger partial charge in [-0.2, -0.15) is 13.2 Å². The number of nitrogens with one attached hydrogen (secondary N) is 2. The highest BCUT2D eigenvalue weighted by Crippen LogP contribution is 2.21. The van der Waals surface area contributed by atoms with Crippen LogP contribution in [0.4, 0.5) is 18.9 Å². The normalized spacial score (nSPS) is 12.2. The van der Waals surface area contributed by atoms with Crippen molar-refractivity contribution in [3.05, 3.63) is 64.1 Å². The lowest BCUT2D eigenvalue weighted by Gasteiger charge is -2.22. The number of hydrogen-bond donors (Lipinski definition) is 3. The number of ketones is 1. The third-order valence-electron chi connectivity index (χ3n) is 4.72. The Morgan fingerprint density at radius 2 is 1.68 bits per heavy atom. The number of Topliss-reactive ketones (excluding diaryl/α,β-unsaturated/α-hetero) is 1. The minimum absolute atomic E-state index is 0.267. The topological polar surface area (TPSA) is 140 Å². The van der Waals surface area contributed by atoms with Crippen molar-refractivity contribution in [1.29, 1.82) is 0 Å². The fourth-order valence-electron chi connectivity index (χ4n) is 3.10. The summed E-state index contributed by atoms with van der Waals surface area (Å²) in [5.41, 5.74) is 4.93. The van der Waals surface area contributed by atoms with E-state index < -0.39 is 53.7 Å². The number of aromatic nitrogens is 1. The van der Waals surface area contributed by atoms with E-state index in [4.69, 9.17) is 5.73 Å². The van der Waals surface area contributed by atoms with Gasteiger partial charge in [-0.15, -0.1) is 0 Å². The number of nitrogens with zero attached hydrogens (tertiary/aromatic N) is 1. The average Bonchev–Trinajstić information content (AvgIpc) is 2.74. The molecule has 1 aromatic heterocycles. The summed E-state index contributed by atoms with van der Waals surface area (Å²) < 4.78 is 39.5. The van der Waals surface area contributed by atoms with E-state index in [0.29, 0.717) is 5.56 Å². The van der Waals surface area contributed by atoms with Crippen LogP contribution in [0.1, 0.15) is 25.0 Å². The smallest absolute Gasteiger partial charge is 0.361 e. The van der Waals surface area contributed by atoms with E-state index >= 15 is 0 Å². The molecule has 0 aliphatic carbocycles. The maximum Gasteiger partial charge on any atom is 0.452 e. The molecular formula is C22H23F3N4O5. The summed E-state index contributed by atoms with van der Waals surface area (Å²) in [6, 6.07) is 8.38. The van der Waals surface area contributed by atoms with E-state index in [1.807, 2.05) is 5.32 Å². The average molecular weight is 480 g/mol. The zero-order valence-corrected chi connectivity index (χ0v) is 18.3. The number of rotatable bonds is 8. The maximum atomic E-state index is 12.9. The number of halogens is 3. The number of hydrogen-bond acceptors (Lipinski definition) is 5. The van der Waals surface area contributed by atoms with Crippen molar-refractivity contribution in [2.75, 3.05) is 5.32 Å². The SMILES string of the molecule is CC(C)C(NC(=O)Cn1cc(Cc2ccccc2)cc(NC(=O)C(N)=O)c1=O)C(=O)C(F)(F)F. The second-order valence-electron chi connectivity index (χ2n) is 7.83. The van der Waals surface area contributed by atoms with E-state index in [1.54, 1.807) is 30.3 Å². The van der Waals surface area contributed by atoms with Gasteiger partial charge in [0.2, 0.25) is 5.91 Å². The van der Waals surface area contributed by atoms with Crippen molar-refractivity contribution < 1.29 is 32.3 Å². The number of carbonyl (C=O) groups is 4. The Morgan fingerprint density at radius 3 is 2.21 bits per heavy atom. The third kappa shape index (κ3) is 7.02. The summed E-state index contributed by atoms with van der Waals surface area (Å²) in [6.07, 6.45) is -3.59. The Bertz CT molecular complexity index is 1140. The van der Waals surface area contributed by atoms with E-state index in [-0.39, 0.29) is 12.1 Å². The number of alkyl halides is 3. The summed E-state index contributed by atoms with van der Waals surface area (Å²) in [5.74, 6) is -6.62. The molecule has 0 bridgehead atoms. The number of benzene rings is 1. The number of nitrogens with two attached hydrogens (primary N) is 1. The molecule has 182 valence electrons. The number of carbonyl (C=O) groups excluding carboxylic acids is 4. The maximum absolute atomic E-state index is 12.9. The minimum Gasteiger partial charge on any atom is -0.361 e. The minimum atomic E-state index is -5.15. The molecule has 0 radical (unpaired) electrons. The molecule has 12 heteroatoms. The van der Waals surface area contributed by atoms with Crippen LogP contribution in [0, 0.1) is 5.92 Å². The van der Waals surface area contributed by atoms with Gasteiger partial charge in [0.25, 0.3) is 11.3 Å². The van der Waals surface area contributed by atoms with Crippen LogP contribution in [0.3, 0.4) is 0 Å². The molecule has 0 saturated carbocycles.